The Hall–Kier alpha value is -4.05. The minimum Gasteiger partial charge on any atom is -0.497 e. The molecule has 2 amide bonds. The first kappa shape index (κ1) is 30.9. The van der Waals surface area contributed by atoms with E-state index in [4.69, 9.17) is 9.47 Å². The Balaban J connectivity index is 1.71. The Bertz CT molecular complexity index is 1440. The van der Waals surface area contributed by atoms with Crippen LogP contribution in [0.3, 0.4) is 0 Å². The summed E-state index contributed by atoms with van der Waals surface area (Å²) in [5, 5.41) is 3.08. The molecule has 0 saturated heterocycles. The predicted octanol–water partition coefficient (Wildman–Crippen LogP) is 4.77. The maximum atomic E-state index is 14.2. The number of nitrogens with one attached hydrogen (secondary N) is 1. The minimum atomic E-state index is -4.18. The largest absolute Gasteiger partial charge is 0.497 e. The van der Waals surface area contributed by atoms with E-state index >= 15 is 0 Å². The summed E-state index contributed by atoms with van der Waals surface area (Å²) in [6.45, 7) is 3.37. The maximum absolute atomic E-state index is 14.2. The van der Waals surface area contributed by atoms with Gasteiger partial charge in [0.05, 0.1) is 24.3 Å². The molecule has 1 aliphatic carbocycles. The Morgan fingerprint density at radius 1 is 0.952 bits per heavy atom. The number of carbonyl (C=O) groups excluding carboxylic acids is 2. The lowest BCUT2D eigenvalue weighted by Gasteiger charge is -2.33. The molecule has 0 aliphatic heterocycles. The minimum absolute atomic E-state index is 0.0397. The monoisotopic (exact) mass is 593 g/mol. The first-order valence-electron chi connectivity index (χ1n) is 14.3. The Labute approximate surface area is 248 Å². The van der Waals surface area contributed by atoms with Crippen LogP contribution < -0.4 is 19.1 Å². The van der Waals surface area contributed by atoms with Gasteiger partial charge in [-0.1, -0.05) is 55.3 Å². The molecular formula is C32H39N3O6S. The summed E-state index contributed by atoms with van der Waals surface area (Å²) in [5.74, 6) is 0.207. The first-order chi connectivity index (χ1) is 20.2. The van der Waals surface area contributed by atoms with Crippen molar-refractivity contribution in [1.82, 2.24) is 10.2 Å². The predicted molar refractivity (Wildman–Crippen MR) is 162 cm³/mol. The average Bonchev–Trinajstić information content (AvgIpc) is 3.52. The van der Waals surface area contributed by atoms with Crippen molar-refractivity contribution in [3.63, 3.8) is 0 Å². The van der Waals surface area contributed by atoms with Crippen molar-refractivity contribution in [3.05, 3.63) is 84.4 Å². The summed E-state index contributed by atoms with van der Waals surface area (Å²) < 4.78 is 40.1. The van der Waals surface area contributed by atoms with E-state index in [0.29, 0.717) is 18.1 Å². The van der Waals surface area contributed by atoms with Crippen LogP contribution in [0.15, 0.2) is 83.8 Å². The molecule has 1 aliphatic rings. The van der Waals surface area contributed by atoms with Crippen molar-refractivity contribution >= 4 is 27.5 Å². The van der Waals surface area contributed by atoms with E-state index in [0.717, 1.165) is 35.6 Å². The third kappa shape index (κ3) is 7.42. The molecule has 0 unspecified atom stereocenters. The number of methoxy groups -OCH3 is 1. The van der Waals surface area contributed by atoms with Gasteiger partial charge in [-0.3, -0.25) is 13.9 Å². The van der Waals surface area contributed by atoms with Crippen molar-refractivity contribution in [1.29, 1.82) is 0 Å². The van der Waals surface area contributed by atoms with E-state index in [1.54, 1.807) is 75.6 Å². The Morgan fingerprint density at radius 2 is 1.60 bits per heavy atom. The van der Waals surface area contributed by atoms with Gasteiger partial charge in [0.25, 0.3) is 10.0 Å². The molecule has 42 heavy (non-hydrogen) atoms. The van der Waals surface area contributed by atoms with Crippen LogP contribution in [-0.2, 0) is 26.2 Å². The molecule has 1 N–H and O–H groups in total. The molecule has 1 atom stereocenters. The number of benzene rings is 3. The highest BCUT2D eigenvalue weighted by Crippen LogP contribution is 2.33. The molecule has 0 aromatic heterocycles. The van der Waals surface area contributed by atoms with Gasteiger partial charge in [-0.25, -0.2) is 8.42 Å². The maximum Gasteiger partial charge on any atom is 0.264 e. The van der Waals surface area contributed by atoms with Crippen LogP contribution in [0.25, 0.3) is 0 Å². The van der Waals surface area contributed by atoms with Crippen molar-refractivity contribution < 1.29 is 27.5 Å². The molecule has 1 saturated carbocycles. The van der Waals surface area contributed by atoms with Crippen LogP contribution in [0.4, 0.5) is 5.69 Å². The second kappa shape index (κ2) is 14.2. The molecule has 3 aromatic rings. The highest BCUT2D eigenvalue weighted by Gasteiger charge is 2.34. The normalized spacial score (nSPS) is 14.2. The third-order valence-electron chi connectivity index (χ3n) is 7.42. The molecule has 3 aromatic carbocycles. The summed E-state index contributed by atoms with van der Waals surface area (Å²) in [6.07, 6.45) is 3.92. The van der Waals surface area contributed by atoms with E-state index in [-0.39, 0.29) is 29.1 Å². The third-order valence-corrected chi connectivity index (χ3v) is 9.20. The second-order valence-electron chi connectivity index (χ2n) is 10.3. The fourth-order valence-corrected chi connectivity index (χ4v) is 6.52. The van der Waals surface area contributed by atoms with Crippen molar-refractivity contribution in [2.45, 2.75) is 63.1 Å². The van der Waals surface area contributed by atoms with Gasteiger partial charge in [0.15, 0.2) is 0 Å². The number of hydrogen-bond donors (Lipinski definition) is 1. The summed E-state index contributed by atoms with van der Waals surface area (Å²) in [4.78, 5) is 29.0. The highest BCUT2D eigenvalue weighted by atomic mass is 32.2. The summed E-state index contributed by atoms with van der Waals surface area (Å²) in [5.41, 5.74) is 1.01. The lowest BCUT2D eigenvalue weighted by molar-refractivity contribution is -0.139. The van der Waals surface area contributed by atoms with Crippen molar-refractivity contribution in [2.24, 2.45) is 0 Å². The van der Waals surface area contributed by atoms with Gasteiger partial charge >= 0.3 is 0 Å². The van der Waals surface area contributed by atoms with Crippen LogP contribution >= 0.6 is 0 Å². The molecule has 10 heteroatoms. The van der Waals surface area contributed by atoms with Gasteiger partial charge in [0.1, 0.15) is 24.1 Å². The molecular weight excluding hydrogens is 554 g/mol. The van der Waals surface area contributed by atoms with Crippen LogP contribution in [0, 0.1) is 0 Å². The van der Waals surface area contributed by atoms with Crippen molar-refractivity contribution in [2.75, 3.05) is 24.6 Å². The standard InChI is InChI=1S/C32H39N3O6S/c1-4-41-30-17-11-10-16-29(30)35(42(38,39)28-14-6-5-7-15-28)23-31(36)34(22-25-18-20-27(40-3)21-19-25)24(2)32(37)33-26-12-8-9-13-26/h5-7,10-11,14-21,24,26H,4,8-9,12-13,22-23H2,1-3H3,(H,33,37)/t24-/m0/s1. The molecule has 224 valence electrons. The van der Waals surface area contributed by atoms with E-state index in [1.165, 1.54) is 17.0 Å². The summed E-state index contributed by atoms with van der Waals surface area (Å²) in [7, 11) is -2.61. The number of carbonyl (C=O) groups is 2. The van der Waals surface area contributed by atoms with Crippen LogP contribution in [-0.4, -0.2) is 57.5 Å². The molecule has 0 spiro atoms. The van der Waals surface area contributed by atoms with Crippen LogP contribution in [0.5, 0.6) is 11.5 Å². The number of para-hydroxylation sites is 2. The van der Waals surface area contributed by atoms with Crippen LogP contribution in [0.2, 0.25) is 0 Å². The second-order valence-corrected chi connectivity index (χ2v) is 12.1. The number of sulfonamides is 1. The van der Waals surface area contributed by atoms with Gasteiger partial charge in [0, 0.05) is 12.6 Å². The van der Waals surface area contributed by atoms with Gasteiger partial charge < -0.3 is 19.7 Å². The zero-order chi connectivity index (χ0) is 30.1. The van der Waals surface area contributed by atoms with E-state index in [2.05, 4.69) is 5.32 Å². The zero-order valence-electron chi connectivity index (χ0n) is 24.4. The average molecular weight is 594 g/mol. The Morgan fingerprint density at radius 3 is 2.24 bits per heavy atom. The number of anilines is 1. The molecule has 9 nitrogen and oxygen atoms in total. The zero-order valence-corrected chi connectivity index (χ0v) is 25.2. The molecule has 0 heterocycles. The lowest BCUT2D eigenvalue weighted by atomic mass is 10.1. The fraction of sp³-hybridized carbons (Fsp3) is 0.375. The van der Waals surface area contributed by atoms with Crippen LogP contribution in [0.1, 0.15) is 45.1 Å². The smallest absolute Gasteiger partial charge is 0.264 e. The van der Waals surface area contributed by atoms with Crippen molar-refractivity contribution in [3.8, 4) is 11.5 Å². The summed E-state index contributed by atoms with van der Waals surface area (Å²) >= 11 is 0. The number of rotatable bonds is 13. The van der Waals surface area contributed by atoms with E-state index in [9.17, 15) is 18.0 Å². The SMILES string of the molecule is CCOc1ccccc1N(CC(=O)N(Cc1ccc(OC)cc1)[C@@H](C)C(=O)NC1CCCC1)S(=O)(=O)c1ccccc1. The quantitative estimate of drug-likeness (QED) is 0.306. The number of amides is 2. The highest BCUT2D eigenvalue weighted by molar-refractivity contribution is 7.92. The molecule has 1 fully saturated rings. The number of ether oxygens (including phenoxy) is 2. The summed E-state index contributed by atoms with van der Waals surface area (Å²) in [6, 6.07) is 21.1. The van der Waals surface area contributed by atoms with Gasteiger partial charge in [-0.2, -0.15) is 0 Å². The van der Waals surface area contributed by atoms with Gasteiger partial charge in [-0.15, -0.1) is 0 Å². The van der Waals surface area contributed by atoms with Gasteiger partial charge in [0.2, 0.25) is 11.8 Å². The topological polar surface area (TPSA) is 105 Å². The fourth-order valence-electron chi connectivity index (χ4n) is 5.08. The lowest BCUT2D eigenvalue weighted by Crippen LogP contribution is -2.52. The number of nitrogens with zero attached hydrogens (tertiary/aromatic N) is 2. The van der Waals surface area contributed by atoms with E-state index < -0.39 is 28.5 Å². The van der Waals surface area contributed by atoms with E-state index in [1.807, 2.05) is 12.1 Å². The first-order valence-corrected chi connectivity index (χ1v) is 15.7. The molecule has 0 bridgehead atoms. The molecule has 0 radical (unpaired) electrons. The Kier molecular flexibility index (Phi) is 10.5. The number of hydrogen-bond acceptors (Lipinski definition) is 6. The molecule has 4 rings (SSSR count). The van der Waals surface area contributed by atoms with Gasteiger partial charge in [-0.05, 0) is 68.7 Å².